The predicted molar refractivity (Wildman–Crippen MR) is 123 cm³/mol. The van der Waals surface area contributed by atoms with Gasteiger partial charge < -0.3 is 10.1 Å². The van der Waals surface area contributed by atoms with Gasteiger partial charge in [0.1, 0.15) is 0 Å². The fraction of sp³-hybridized carbons (Fsp3) is 0.286. The number of thioether (sulfide) groups is 1. The van der Waals surface area contributed by atoms with Gasteiger partial charge in [-0.3, -0.25) is 14.3 Å². The summed E-state index contributed by atoms with van der Waals surface area (Å²) in [5.74, 6) is 0.783. The minimum absolute atomic E-state index is 0.158. The van der Waals surface area contributed by atoms with E-state index in [1.165, 1.54) is 11.8 Å². The molecule has 1 aromatic heterocycles. The van der Waals surface area contributed by atoms with Gasteiger partial charge in [0, 0.05) is 18.8 Å². The summed E-state index contributed by atoms with van der Waals surface area (Å²) in [6.07, 6.45) is 0. The van der Waals surface area contributed by atoms with E-state index in [1.54, 1.807) is 18.2 Å². The Balaban J connectivity index is 1.49. The molecule has 4 rings (SSSR count). The molecule has 10 heteroatoms. The quantitative estimate of drug-likeness (QED) is 0.515. The van der Waals surface area contributed by atoms with Crippen LogP contribution in [0.5, 0.6) is 0 Å². The lowest BCUT2D eigenvalue weighted by Crippen LogP contribution is -2.36. The van der Waals surface area contributed by atoms with Gasteiger partial charge in [0.2, 0.25) is 5.91 Å². The van der Waals surface area contributed by atoms with E-state index in [-0.39, 0.29) is 11.7 Å². The Morgan fingerprint density at radius 1 is 1.06 bits per heavy atom. The molecule has 2 aromatic carbocycles. The molecule has 7 nitrogen and oxygen atoms in total. The molecule has 1 aliphatic heterocycles. The highest BCUT2D eigenvalue weighted by molar-refractivity contribution is 7.99. The number of para-hydroxylation sites is 1. The number of hydrogen-bond donors (Lipinski definition) is 1. The standard InChI is InChI=1S/C21H21Cl2N5O2S/c22-16-7-4-8-17(20(16)23)24-19(29)14-31-21-26-25-18(13-27-9-11-30-12-10-27)28(21)15-5-2-1-3-6-15/h1-8H,9-14H2,(H,24,29). The number of hydrogen-bond acceptors (Lipinski definition) is 6. The van der Waals surface area contributed by atoms with Crippen molar-refractivity contribution in [2.24, 2.45) is 0 Å². The van der Waals surface area contributed by atoms with Crippen LogP contribution in [0.2, 0.25) is 10.0 Å². The Morgan fingerprint density at radius 3 is 2.61 bits per heavy atom. The first-order valence-corrected chi connectivity index (χ1v) is 11.5. The SMILES string of the molecule is O=C(CSc1nnc(CN2CCOCC2)n1-c1ccccc1)Nc1cccc(Cl)c1Cl. The molecule has 31 heavy (non-hydrogen) atoms. The minimum atomic E-state index is -0.202. The van der Waals surface area contributed by atoms with Crippen LogP contribution in [0.4, 0.5) is 5.69 Å². The number of anilines is 1. The molecule has 162 valence electrons. The Bertz CT molecular complexity index is 1040. The molecule has 0 atom stereocenters. The van der Waals surface area contributed by atoms with Gasteiger partial charge >= 0.3 is 0 Å². The number of morpholine rings is 1. The third-order valence-electron chi connectivity index (χ3n) is 4.74. The van der Waals surface area contributed by atoms with E-state index >= 15 is 0 Å². The molecule has 1 saturated heterocycles. The number of nitrogens with zero attached hydrogens (tertiary/aromatic N) is 4. The second kappa shape index (κ2) is 10.5. The van der Waals surface area contributed by atoms with Gasteiger partial charge in [-0.2, -0.15) is 0 Å². The number of nitrogens with one attached hydrogen (secondary N) is 1. The molecule has 3 aromatic rings. The van der Waals surface area contributed by atoms with Crippen molar-refractivity contribution in [2.45, 2.75) is 11.7 Å². The van der Waals surface area contributed by atoms with Crippen LogP contribution in [-0.4, -0.2) is 57.6 Å². The Labute approximate surface area is 194 Å². The van der Waals surface area contributed by atoms with Crippen LogP contribution in [0.15, 0.2) is 53.7 Å². The summed E-state index contributed by atoms with van der Waals surface area (Å²) in [4.78, 5) is 14.8. The predicted octanol–water partition coefficient (Wildman–Crippen LogP) is 4.14. The minimum Gasteiger partial charge on any atom is -0.379 e. The van der Waals surface area contributed by atoms with Crippen LogP contribution in [0.3, 0.4) is 0 Å². The maximum absolute atomic E-state index is 12.5. The highest BCUT2D eigenvalue weighted by Crippen LogP contribution is 2.30. The molecule has 2 heterocycles. The maximum atomic E-state index is 12.5. The van der Waals surface area contributed by atoms with Gasteiger partial charge in [-0.05, 0) is 24.3 Å². The third kappa shape index (κ3) is 5.58. The van der Waals surface area contributed by atoms with E-state index in [9.17, 15) is 4.79 Å². The van der Waals surface area contributed by atoms with E-state index < -0.39 is 0 Å². The summed E-state index contributed by atoms with van der Waals surface area (Å²) in [6.45, 7) is 3.80. The number of amides is 1. The Morgan fingerprint density at radius 2 is 1.84 bits per heavy atom. The van der Waals surface area contributed by atoms with Gasteiger partial charge in [0.15, 0.2) is 11.0 Å². The van der Waals surface area contributed by atoms with Crippen molar-refractivity contribution in [1.82, 2.24) is 19.7 Å². The number of aromatic nitrogens is 3. The summed E-state index contributed by atoms with van der Waals surface area (Å²) >= 11 is 13.5. The summed E-state index contributed by atoms with van der Waals surface area (Å²) in [6, 6.07) is 15.0. The van der Waals surface area contributed by atoms with Crippen molar-refractivity contribution in [3.05, 3.63) is 64.4 Å². The van der Waals surface area contributed by atoms with Crippen molar-refractivity contribution >= 4 is 46.6 Å². The zero-order chi connectivity index (χ0) is 21.6. The van der Waals surface area contributed by atoms with Crippen LogP contribution in [0.1, 0.15) is 5.82 Å². The summed E-state index contributed by atoms with van der Waals surface area (Å²) < 4.78 is 7.44. The fourth-order valence-electron chi connectivity index (χ4n) is 3.21. The van der Waals surface area contributed by atoms with Gasteiger partial charge in [-0.15, -0.1) is 10.2 Å². The van der Waals surface area contributed by atoms with Crippen LogP contribution in [-0.2, 0) is 16.1 Å². The van der Waals surface area contributed by atoms with Gasteiger partial charge in [0.25, 0.3) is 0 Å². The Kier molecular flexibility index (Phi) is 7.47. The molecule has 0 saturated carbocycles. The Hall–Kier alpha value is -2.10. The first kappa shape index (κ1) is 22.1. The monoisotopic (exact) mass is 477 g/mol. The summed E-state index contributed by atoms with van der Waals surface area (Å²) in [5.41, 5.74) is 1.44. The smallest absolute Gasteiger partial charge is 0.234 e. The van der Waals surface area contributed by atoms with Gasteiger partial charge in [0.05, 0.1) is 41.2 Å². The molecule has 0 radical (unpaired) electrons. The van der Waals surface area contributed by atoms with Crippen molar-refractivity contribution in [3.63, 3.8) is 0 Å². The van der Waals surface area contributed by atoms with Crippen molar-refractivity contribution in [2.75, 3.05) is 37.4 Å². The number of carbonyl (C=O) groups is 1. The van der Waals surface area contributed by atoms with Crippen molar-refractivity contribution < 1.29 is 9.53 Å². The zero-order valence-electron chi connectivity index (χ0n) is 16.6. The number of ether oxygens (including phenoxy) is 1. The van der Waals surface area contributed by atoms with E-state index in [0.29, 0.717) is 40.6 Å². The van der Waals surface area contributed by atoms with Crippen LogP contribution >= 0.6 is 35.0 Å². The van der Waals surface area contributed by atoms with Crippen LogP contribution in [0, 0.1) is 0 Å². The van der Waals surface area contributed by atoms with Crippen LogP contribution < -0.4 is 5.32 Å². The number of benzene rings is 2. The average molecular weight is 478 g/mol. The van der Waals surface area contributed by atoms with Gasteiger partial charge in [-0.25, -0.2) is 0 Å². The molecule has 0 bridgehead atoms. The first-order chi connectivity index (χ1) is 15.1. The molecular formula is C21H21Cl2N5O2S. The lowest BCUT2D eigenvalue weighted by Gasteiger charge is -2.26. The first-order valence-electron chi connectivity index (χ1n) is 9.78. The number of rotatable bonds is 7. The molecular weight excluding hydrogens is 457 g/mol. The van der Waals surface area contributed by atoms with E-state index in [0.717, 1.165) is 24.6 Å². The zero-order valence-corrected chi connectivity index (χ0v) is 19.0. The molecule has 1 amide bonds. The van der Waals surface area contributed by atoms with E-state index in [1.807, 2.05) is 34.9 Å². The highest BCUT2D eigenvalue weighted by Gasteiger charge is 2.20. The van der Waals surface area contributed by atoms with Crippen molar-refractivity contribution in [3.8, 4) is 5.69 Å². The highest BCUT2D eigenvalue weighted by atomic mass is 35.5. The number of carbonyl (C=O) groups excluding carboxylic acids is 1. The molecule has 0 aliphatic carbocycles. The van der Waals surface area contributed by atoms with Crippen LogP contribution in [0.25, 0.3) is 5.69 Å². The lowest BCUT2D eigenvalue weighted by atomic mass is 10.3. The van der Waals surface area contributed by atoms with E-state index in [2.05, 4.69) is 20.4 Å². The third-order valence-corrected chi connectivity index (χ3v) is 6.49. The largest absolute Gasteiger partial charge is 0.379 e. The lowest BCUT2D eigenvalue weighted by molar-refractivity contribution is -0.113. The second-order valence-corrected chi connectivity index (χ2v) is 8.62. The molecule has 1 N–H and O–H groups in total. The maximum Gasteiger partial charge on any atom is 0.234 e. The molecule has 0 unspecified atom stereocenters. The average Bonchev–Trinajstić information content (AvgIpc) is 3.19. The number of halogens is 2. The van der Waals surface area contributed by atoms with Crippen molar-refractivity contribution in [1.29, 1.82) is 0 Å². The summed E-state index contributed by atoms with van der Waals surface area (Å²) in [7, 11) is 0. The molecule has 1 aliphatic rings. The fourth-order valence-corrected chi connectivity index (χ4v) is 4.33. The topological polar surface area (TPSA) is 72.3 Å². The molecule has 1 fully saturated rings. The summed E-state index contributed by atoms with van der Waals surface area (Å²) in [5, 5.41) is 12.9. The normalized spacial score (nSPS) is 14.5. The van der Waals surface area contributed by atoms with E-state index in [4.69, 9.17) is 27.9 Å². The molecule has 0 spiro atoms. The second-order valence-electron chi connectivity index (χ2n) is 6.90. The van der Waals surface area contributed by atoms with Gasteiger partial charge in [-0.1, -0.05) is 59.2 Å².